The van der Waals surface area contributed by atoms with Gasteiger partial charge in [-0.3, -0.25) is 13.9 Å². The van der Waals surface area contributed by atoms with Crippen molar-refractivity contribution in [3.63, 3.8) is 0 Å². The Balaban J connectivity index is 2.07. The van der Waals surface area contributed by atoms with Crippen LogP contribution in [0.25, 0.3) is 0 Å². The van der Waals surface area contributed by atoms with Crippen LogP contribution >= 0.6 is 11.6 Å². The molecular formula is C29H34ClN3O4S. The van der Waals surface area contributed by atoms with E-state index in [0.29, 0.717) is 22.7 Å². The highest BCUT2D eigenvalue weighted by Crippen LogP contribution is 2.26. The second kappa shape index (κ2) is 12.9. The summed E-state index contributed by atoms with van der Waals surface area (Å²) in [7, 11) is -4.09. The molecule has 3 aromatic carbocycles. The van der Waals surface area contributed by atoms with E-state index in [-0.39, 0.29) is 23.4 Å². The molecule has 0 spiro atoms. The number of nitrogens with one attached hydrogen (secondary N) is 1. The Bertz CT molecular complexity index is 1360. The molecule has 38 heavy (non-hydrogen) atoms. The maximum atomic E-state index is 14.0. The molecule has 3 rings (SSSR count). The summed E-state index contributed by atoms with van der Waals surface area (Å²) in [6.45, 7) is 6.92. The molecule has 1 N–H and O–H groups in total. The van der Waals surface area contributed by atoms with Gasteiger partial charge in [-0.15, -0.1) is 0 Å². The number of halogens is 1. The predicted octanol–water partition coefficient (Wildman–Crippen LogP) is 5.18. The van der Waals surface area contributed by atoms with Crippen LogP contribution in [-0.4, -0.2) is 43.8 Å². The molecule has 0 aliphatic carbocycles. The fourth-order valence-electron chi connectivity index (χ4n) is 4.14. The highest BCUT2D eigenvalue weighted by molar-refractivity contribution is 7.92. The molecule has 0 radical (unpaired) electrons. The van der Waals surface area contributed by atoms with Crippen molar-refractivity contribution in [2.24, 2.45) is 0 Å². The predicted molar refractivity (Wildman–Crippen MR) is 152 cm³/mol. The first-order valence-electron chi connectivity index (χ1n) is 12.5. The van der Waals surface area contributed by atoms with Crippen LogP contribution in [0.1, 0.15) is 38.3 Å². The molecule has 0 aliphatic rings. The summed E-state index contributed by atoms with van der Waals surface area (Å²) in [6.07, 6.45) is 0.338. The Morgan fingerprint density at radius 3 is 2.21 bits per heavy atom. The van der Waals surface area contributed by atoms with Gasteiger partial charge in [-0.2, -0.15) is 0 Å². The molecule has 2 amide bonds. The minimum absolute atomic E-state index is 0.0512. The standard InChI is InChI=1S/C29H34ClN3O4S/c1-5-27(29(35)31-21(2)3)32(19-23-13-9-10-17-26(23)30)28(34)20-33(24-14-11-12-22(4)18-24)38(36,37)25-15-7-6-8-16-25/h6-18,21,27H,5,19-20H2,1-4H3,(H,31,35)/t27-/m0/s1. The largest absolute Gasteiger partial charge is 0.352 e. The van der Waals surface area contributed by atoms with Crippen molar-refractivity contribution in [2.75, 3.05) is 10.8 Å². The lowest BCUT2D eigenvalue weighted by molar-refractivity contribution is -0.140. The number of carbonyl (C=O) groups excluding carboxylic acids is 2. The van der Waals surface area contributed by atoms with E-state index in [2.05, 4.69) is 5.32 Å². The Labute approximate surface area is 230 Å². The highest BCUT2D eigenvalue weighted by Gasteiger charge is 2.34. The first-order chi connectivity index (χ1) is 18.0. The third kappa shape index (κ3) is 7.14. The van der Waals surface area contributed by atoms with E-state index in [1.165, 1.54) is 17.0 Å². The monoisotopic (exact) mass is 555 g/mol. The van der Waals surface area contributed by atoms with Crippen LogP contribution < -0.4 is 9.62 Å². The zero-order valence-electron chi connectivity index (χ0n) is 22.1. The summed E-state index contributed by atoms with van der Waals surface area (Å²) in [5.74, 6) is -0.826. The van der Waals surface area contributed by atoms with Gasteiger partial charge in [0.15, 0.2) is 0 Å². The molecule has 0 unspecified atom stereocenters. The van der Waals surface area contributed by atoms with Crippen LogP contribution in [0.2, 0.25) is 5.02 Å². The summed E-state index contributed by atoms with van der Waals surface area (Å²) < 4.78 is 28.7. The second-order valence-corrected chi connectivity index (χ2v) is 11.6. The number of aryl methyl sites for hydroxylation is 1. The fourth-order valence-corrected chi connectivity index (χ4v) is 5.76. The summed E-state index contributed by atoms with van der Waals surface area (Å²) in [5.41, 5.74) is 1.87. The van der Waals surface area contributed by atoms with Gasteiger partial charge in [-0.05, 0) is 68.7 Å². The molecule has 0 saturated heterocycles. The fraction of sp³-hybridized carbons (Fsp3) is 0.310. The van der Waals surface area contributed by atoms with Crippen molar-refractivity contribution in [1.29, 1.82) is 0 Å². The van der Waals surface area contributed by atoms with Crippen LogP contribution in [0.5, 0.6) is 0 Å². The molecule has 0 heterocycles. The van der Waals surface area contributed by atoms with Gasteiger partial charge in [-0.1, -0.05) is 67.1 Å². The molecule has 0 bridgehead atoms. The second-order valence-electron chi connectivity index (χ2n) is 9.36. The number of hydrogen-bond donors (Lipinski definition) is 1. The lowest BCUT2D eigenvalue weighted by Crippen LogP contribution is -2.53. The van der Waals surface area contributed by atoms with Gasteiger partial charge < -0.3 is 10.2 Å². The highest BCUT2D eigenvalue weighted by atomic mass is 35.5. The zero-order chi connectivity index (χ0) is 27.9. The first-order valence-corrected chi connectivity index (χ1v) is 14.3. The van der Waals surface area contributed by atoms with E-state index in [9.17, 15) is 18.0 Å². The summed E-state index contributed by atoms with van der Waals surface area (Å²) in [5, 5.41) is 3.34. The molecule has 0 fully saturated rings. The van der Waals surface area contributed by atoms with E-state index in [0.717, 1.165) is 9.87 Å². The minimum atomic E-state index is -4.09. The van der Waals surface area contributed by atoms with Gasteiger partial charge in [0.2, 0.25) is 11.8 Å². The van der Waals surface area contributed by atoms with Crippen LogP contribution in [0.3, 0.4) is 0 Å². The Kier molecular flexibility index (Phi) is 9.94. The average Bonchev–Trinajstić information content (AvgIpc) is 2.88. The average molecular weight is 556 g/mol. The minimum Gasteiger partial charge on any atom is -0.352 e. The number of rotatable bonds is 11. The van der Waals surface area contributed by atoms with Crippen molar-refractivity contribution < 1.29 is 18.0 Å². The van der Waals surface area contributed by atoms with Crippen LogP contribution in [0.15, 0.2) is 83.8 Å². The van der Waals surface area contributed by atoms with Crippen molar-refractivity contribution in [2.45, 2.75) is 57.6 Å². The Hall–Kier alpha value is -3.36. The smallest absolute Gasteiger partial charge is 0.264 e. The summed E-state index contributed by atoms with van der Waals surface area (Å²) in [4.78, 5) is 28.6. The topological polar surface area (TPSA) is 86.8 Å². The maximum absolute atomic E-state index is 14.0. The summed E-state index contributed by atoms with van der Waals surface area (Å²) in [6, 6.07) is 21.1. The van der Waals surface area contributed by atoms with Crippen molar-refractivity contribution in [1.82, 2.24) is 10.2 Å². The zero-order valence-corrected chi connectivity index (χ0v) is 23.7. The summed E-state index contributed by atoms with van der Waals surface area (Å²) >= 11 is 6.41. The number of benzene rings is 3. The SMILES string of the molecule is CC[C@@H](C(=O)NC(C)C)N(Cc1ccccc1Cl)C(=O)CN(c1cccc(C)c1)S(=O)(=O)c1ccccc1. The van der Waals surface area contributed by atoms with Gasteiger partial charge in [0.1, 0.15) is 12.6 Å². The molecule has 202 valence electrons. The third-order valence-electron chi connectivity index (χ3n) is 6.02. The quantitative estimate of drug-likeness (QED) is 0.353. The molecule has 9 heteroatoms. The van der Waals surface area contributed by atoms with Crippen LogP contribution in [0, 0.1) is 6.92 Å². The number of anilines is 1. The van der Waals surface area contributed by atoms with Gasteiger partial charge in [-0.25, -0.2) is 8.42 Å². The number of hydrogen-bond acceptors (Lipinski definition) is 4. The number of nitrogens with zero attached hydrogens (tertiary/aromatic N) is 2. The van der Waals surface area contributed by atoms with E-state index < -0.39 is 28.5 Å². The molecule has 0 saturated carbocycles. The van der Waals surface area contributed by atoms with Gasteiger partial charge in [0, 0.05) is 17.6 Å². The number of amides is 2. The normalized spacial score (nSPS) is 12.2. The maximum Gasteiger partial charge on any atom is 0.264 e. The molecule has 0 aromatic heterocycles. The molecule has 0 aliphatic heterocycles. The van der Waals surface area contributed by atoms with Gasteiger partial charge >= 0.3 is 0 Å². The lowest BCUT2D eigenvalue weighted by atomic mass is 10.1. The van der Waals surface area contributed by atoms with Crippen LogP contribution in [0.4, 0.5) is 5.69 Å². The van der Waals surface area contributed by atoms with E-state index in [1.54, 1.807) is 60.7 Å². The van der Waals surface area contributed by atoms with E-state index >= 15 is 0 Å². The van der Waals surface area contributed by atoms with E-state index in [1.807, 2.05) is 33.8 Å². The van der Waals surface area contributed by atoms with Crippen molar-refractivity contribution in [3.05, 3.63) is 95.0 Å². The molecule has 3 aromatic rings. The first kappa shape index (κ1) is 29.2. The van der Waals surface area contributed by atoms with Crippen molar-refractivity contribution in [3.8, 4) is 0 Å². The number of carbonyl (C=O) groups is 2. The molecule has 1 atom stereocenters. The molecular weight excluding hydrogens is 522 g/mol. The lowest BCUT2D eigenvalue weighted by Gasteiger charge is -2.33. The van der Waals surface area contributed by atoms with Crippen molar-refractivity contribution >= 4 is 39.1 Å². The third-order valence-corrected chi connectivity index (χ3v) is 8.17. The van der Waals surface area contributed by atoms with Crippen LogP contribution in [-0.2, 0) is 26.2 Å². The Morgan fingerprint density at radius 1 is 0.947 bits per heavy atom. The van der Waals surface area contributed by atoms with E-state index in [4.69, 9.17) is 11.6 Å². The molecule has 7 nitrogen and oxygen atoms in total. The Morgan fingerprint density at radius 2 is 1.61 bits per heavy atom. The number of sulfonamides is 1. The van der Waals surface area contributed by atoms with Gasteiger partial charge in [0.05, 0.1) is 10.6 Å². The van der Waals surface area contributed by atoms with Gasteiger partial charge in [0.25, 0.3) is 10.0 Å².